The number of carbonyl (C=O) groups is 1. The van der Waals surface area contributed by atoms with Gasteiger partial charge in [0, 0.05) is 6.54 Å². The maximum Gasteiger partial charge on any atom is 0.409 e. The molecule has 0 radical (unpaired) electrons. The number of amides is 1. The van der Waals surface area contributed by atoms with Crippen molar-refractivity contribution in [3.8, 4) is 0 Å². The highest BCUT2D eigenvalue weighted by Crippen LogP contribution is 2.35. The zero-order chi connectivity index (χ0) is 13.1. The second kappa shape index (κ2) is 5.71. The van der Waals surface area contributed by atoms with E-state index in [1.54, 1.807) is 4.90 Å². The van der Waals surface area contributed by atoms with Crippen LogP contribution in [-0.4, -0.2) is 41.9 Å². The molecule has 1 heterocycles. The number of piperidine rings is 1. The number of likely N-dealkylation sites (tertiary alicyclic amines) is 1. The molecule has 4 heteroatoms. The normalized spacial score (nSPS) is 31.1. The lowest BCUT2D eigenvalue weighted by molar-refractivity contribution is -0.0771. The molecule has 0 aromatic heterocycles. The summed E-state index contributed by atoms with van der Waals surface area (Å²) in [6.07, 6.45) is 2.77. The molecule has 0 aromatic carbocycles. The van der Waals surface area contributed by atoms with E-state index in [4.69, 9.17) is 4.74 Å². The largest absolute Gasteiger partial charge is 0.453 e. The summed E-state index contributed by atoms with van der Waals surface area (Å²) in [6.45, 7) is 7.24. The van der Waals surface area contributed by atoms with Crippen LogP contribution in [0.4, 0.5) is 4.79 Å². The van der Waals surface area contributed by atoms with Crippen molar-refractivity contribution < 1.29 is 14.6 Å². The summed E-state index contributed by atoms with van der Waals surface area (Å²) in [6, 6.07) is 0. The first-order valence-corrected chi connectivity index (χ1v) is 6.47. The highest BCUT2D eigenvalue weighted by atomic mass is 16.5. The summed E-state index contributed by atoms with van der Waals surface area (Å²) in [5.74, 6) is 0.762. The maximum absolute atomic E-state index is 11.4. The minimum Gasteiger partial charge on any atom is -0.453 e. The van der Waals surface area contributed by atoms with Gasteiger partial charge in [0.25, 0.3) is 0 Å². The summed E-state index contributed by atoms with van der Waals surface area (Å²) in [4.78, 5) is 13.0. The molecular weight excluding hydrogens is 218 g/mol. The summed E-state index contributed by atoms with van der Waals surface area (Å²) < 4.78 is 4.70. The fourth-order valence-electron chi connectivity index (χ4n) is 3.03. The molecule has 1 amide bonds. The number of β-amino-alcohol motifs (C(OH)–C–C–N with tert-alkyl or cyclic N) is 1. The molecule has 3 atom stereocenters. The second-order valence-electron chi connectivity index (χ2n) is 5.41. The first-order valence-electron chi connectivity index (χ1n) is 6.47. The van der Waals surface area contributed by atoms with Gasteiger partial charge >= 0.3 is 6.09 Å². The van der Waals surface area contributed by atoms with Crippen molar-refractivity contribution in [2.75, 3.05) is 20.2 Å². The van der Waals surface area contributed by atoms with E-state index in [-0.39, 0.29) is 12.0 Å². The molecular formula is C13H25NO3. The molecule has 0 saturated carbocycles. The van der Waals surface area contributed by atoms with Crippen molar-refractivity contribution in [3.05, 3.63) is 0 Å². The van der Waals surface area contributed by atoms with Crippen LogP contribution in [-0.2, 0) is 4.74 Å². The third-order valence-electron chi connectivity index (χ3n) is 3.88. The fraction of sp³-hybridized carbons (Fsp3) is 0.923. The van der Waals surface area contributed by atoms with Crippen LogP contribution in [0.3, 0.4) is 0 Å². The van der Waals surface area contributed by atoms with Gasteiger partial charge in [0.1, 0.15) is 0 Å². The van der Waals surface area contributed by atoms with E-state index in [2.05, 4.69) is 13.8 Å². The topological polar surface area (TPSA) is 49.8 Å². The molecule has 0 aliphatic carbocycles. The van der Waals surface area contributed by atoms with E-state index < -0.39 is 5.60 Å². The summed E-state index contributed by atoms with van der Waals surface area (Å²) >= 11 is 0. The Morgan fingerprint density at radius 3 is 2.76 bits per heavy atom. The van der Waals surface area contributed by atoms with Crippen LogP contribution in [0, 0.1) is 11.8 Å². The van der Waals surface area contributed by atoms with Crippen molar-refractivity contribution in [1.82, 2.24) is 4.90 Å². The number of hydrogen-bond acceptors (Lipinski definition) is 3. The Hall–Kier alpha value is -0.770. The zero-order valence-electron chi connectivity index (χ0n) is 11.4. The van der Waals surface area contributed by atoms with Crippen LogP contribution in [0.5, 0.6) is 0 Å². The highest BCUT2D eigenvalue weighted by Gasteiger charge is 2.41. The number of ether oxygens (including phenoxy) is 1. The minimum atomic E-state index is -0.805. The van der Waals surface area contributed by atoms with Gasteiger partial charge in [-0.3, -0.25) is 0 Å². The Bertz CT molecular complexity index is 265. The SMILES string of the molecule is CCCC(C)C1CCN(C(=O)OC)CC1(C)O. The Morgan fingerprint density at radius 1 is 1.65 bits per heavy atom. The maximum atomic E-state index is 11.4. The Balaban J connectivity index is 2.66. The minimum absolute atomic E-state index is 0.267. The molecule has 0 aromatic rings. The fourth-order valence-corrected chi connectivity index (χ4v) is 3.03. The van der Waals surface area contributed by atoms with Crippen LogP contribution >= 0.6 is 0 Å². The van der Waals surface area contributed by atoms with Gasteiger partial charge in [-0.2, -0.15) is 0 Å². The molecule has 1 aliphatic rings. The molecule has 1 saturated heterocycles. The van der Waals surface area contributed by atoms with Crippen LogP contribution in [0.1, 0.15) is 40.0 Å². The van der Waals surface area contributed by atoms with Gasteiger partial charge in [-0.25, -0.2) is 4.79 Å². The van der Waals surface area contributed by atoms with Crippen molar-refractivity contribution in [1.29, 1.82) is 0 Å². The number of rotatable bonds is 3. The van der Waals surface area contributed by atoms with Crippen molar-refractivity contribution in [3.63, 3.8) is 0 Å². The number of nitrogens with zero attached hydrogens (tertiary/aromatic N) is 1. The first kappa shape index (κ1) is 14.3. The third-order valence-corrected chi connectivity index (χ3v) is 3.88. The molecule has 17 heavy (non-hydrogen) atoms. The lowest BCUT2D eigenvalue weighted by atomic mass is 9.74. The molecule has 1 N–H and O–H groups in total. The molecule has 1 rings (SSSR count). The van der Waals surface area contributed by atoms with Gasteiger partial charge in [0.05, 0.1) is 19.3 Å². The van der Waals surface area contributed by atoms with Crippen LogP contribution in [0.2, 0.25) is 0 Å². The van der Waals surface area contributed by atoms with Gasteiger partial charge in [-0.05, 0) is 25.2 Å². The number of aliphatic hydroxyl groups is 1. The second-order valence-corrected chi connectivity index (χ2v) is 5.41. The van der Waals surface area contributed by atoms with Gasteiger partial charge in [-0.15, -0.1) is 0 Å². The van der Waals surface area contributed by atoms with Crippen LogP contribution in [0.15, 0.2) is 0 Å². The average Bonchev–Trinajstić information content (AvgIpc) is 2.26. The molecule has 0 spiro atoms. The predicted octanol–water partition coefficient (Wildman–Crippen LogP) is 2.26. The molecule has 1 aliphatic heterocycles. The smallest absolute Gasteiger partial charge is 0.409 e. The Kier molecular flexibility index (Phi) is 4.80. The van der Waals surface area contributed by atoms with E-state index in [0.717, 1.165) is 19.3 Å². The average molecular weight is 243 g/mol. The van der Waals surface area contributed by atoms with Crippen molar-refractivity contribution in [2.45, 2.75) is 45.6 Å². The first-order chi connectivity index (χ1) is 7.92. The number of methoxy groups -OCH3 is 1. The van der Waals surface area contributed by atoms with Gasteiger partial charge in [0.15, 0.2) is 0 Å². The van der Waals surface area contributed by atoms with E-state index in [9.17, 15) is 9.90 Å². The van der Waals surface area contributed by atoms with Crippen LogP contribution in [0.25, 0.3) is 0 Å². The quantitative estimate of drug-likeness (QED) is 0.827. The highest BCUT2D eigenvalue weighted by molar-refractivity contribution is 5.67. The summed E-state index contributed by atoms with van der Waals surface area (Å²) in [7, 11) is 1.38. The monoisotopic (exact) mass is 243 g/mol. The third kappa shape index (κ3) is 3.35. The van der Waals surface area contributed by atoms with Gasteiger partial charge in [-0.1, -0.05) is 26.7 Å². The lowest BCUT2D eigenvalue weighted by Crippen LogP contribution is -2.55. The molecule has 100 valence electrons. The van der Waals surface area contributed by atoms with Gasteiger partial charge in [0.2, 0.25) is 0 Å². The van der Waals surface area contributed by atoms with Crippen molar-refractivity contribution in [2.24, 2.45) is 11.8 Å². The van der Waals surface area contributed by atoms with Crippen molar-refractivity contribution >= 4 is 6.09 Å². The Labute approximate surface area is 104 Å². The zero-order valence-corrected chi connectivity index (χ0v) is 11.4. The number of carbonyl (C=O) groups excluding carboxylic acids is 1. The standard InChI is InChI=1S/C13H25NO3/c1-5-6-10(2)11-7-8-14(12(15)17-4)9-13(11,3)16/h10-11,16H,5-9H2,1-4H3. The van der Waals surface area contributed by atoms with Gasteiger partial charge < -0.3 is 14.7 Å². The van der Waals surface area contributed by atoms with E-state index in [1.165, 1.54) is 7.11 Å². The predicted molar refractivity (Wildman–Crippen MR) is 66.8 cm³/mol. The van der Waals surface area contributed by atoms with E-state index in [0.29, 0.717) is 19.0 Å². The van der Waals surface area contributed by atoms with E-state index >= 15 is 0 Å². The molecule has 1 fully saturated rings. The molecule has 4 nitrogen and oxygen atoms in total. The lowest BCUT2D eigenvalue weighted by Gasteiger charge is -2.44. The molecule has 3 unspecified atom stereocenters. The summed E-state index contributed by atoms with van der Waals surface area (Å²) in [5.41, 5.74) is -0.805. The number of hydrogen-bond donors (Lipinski definition) is 1. The van der Waals surface area contributed by atoms with Crippen LogP contribution < -0.4 is 0 Å². The molecule has 0 bridgehead atoms. The summed E-state index contributed by atoms with van der Waals surface area (Å²) in [5, 5.41) is 10.5. The Morgan fingerprint density at radius 2 is 2.29 bits per heavy atom. The van der Waals surface area contributed by atoms with E-state index in [1.807, 2.05) is 6.92 Å².